The minimum atomic E-state index is -2.78. The smallest absolute Gasteiger partial charge is 0.330 e. The number of allylic oxidation sites excluding steroid dienone is 1. The van der Waals surface area contributed by atoms with E-state index in [2.05, 4.69) is 33.3 Å². The predicted octanol–water partition coefficient (Wildman–Crippen LogP) is 5.78. The number of esters is 1. The van der Waals surface area contributed by atoms with E-state index in [0.29, 0.717) is 14.2 Å². The molecular weight excluding hydrogens is 572 g/mol. The Balaban J connectivity index is 0.000000575. The number of hydrogen-bond acceptors (Lipinski definition) is 6. The number of ether oxygens (including phenoxy) is 3. The number of aryl methyl sites for hydroxylation is 1. The fourth-order valence-electron chi connectivity index (χ4n) is 3.58. The Labute approximate surface area is 225 Å². The molecule has 0 saturated carbocycles. The van der Waals surface area contributed by atoms with Crippen LogP contribution in [0.15, 0.2) is 36.4 Å². The molecule has 0 fully saturated rings. The van der Waals surface area contributed by atoms with Crippen molar-refractivity contribution in [2.45, 2.75) is 6.92 Å². The van der Waals surface area contributed by atoms with Crippen LogP contribution in [0.5, 0.6) is 11.5 Å². The van der Waals surface area contributed by atoms with E-state index in [0.717, 1.165) is 0 Å². The lowest BCUT2D eigenvalue weighted by molar-refractivity contribution is -0.144. The van der Waals surface area contributed by atoms with E-state index >= 15 is 0 Å². The highest BCUT2D eigenvalue weighted by Crippen LogP contribution is 2.37. The molecule has 3 aromatic rings. The number of cyclic esters (lactones) is 1. The first kappa shape index (κ1) is 30.8. The summed E-state index contributed by atoms with van der Waals surface area (Å²) in [6.45, 7) is 2.08. The molecule has 3 aromatic carbocycles. The van der Waals surface area contributed by atoms with Crippen LogP contribution < -0.4 is 9.47 Å². The van der Waals surface area contributed by atoms with Crippen LogP contribution >= 0.6 is 0 Å². The molecule has 0 saturated heterocycles. The van der Waals surface area contributed by atoms with Gasteiger partial charge < -0.3 is 14.2 Å². The zero-order valence-electron chi connectivity index (χ0n) is 21.0. The summed E-state index contributed by atoms with van der Waals surface area (Å²) >= 11 is 0. The first-order valence-corrected chi connectivity index (χ1v) is 11.1. The lowest BCUT2D eigenvalue weighted by Gasteiger charge is -2.21. The molecule has 41 heavy (non-hydrogen) atoms. The zero-order valence-corrected chi connectivity index (χ0v) is 21.0. The lowest BCUT2D eigenvalue weighted by Crippen LogP contribution is -2.37. The first-order valence-electron chi connectivity index (χ1n) is 11.1. The number of carbonyl (C=O) groups excluding carboxylic acids is 3. The van der Waals surface area contributed by atoms with Crippen LogP contribution in [0.4, 0.5) is 35.1 Å². The molecule has 1 aliphatic heterocycles. The van der Waals surface area contributed by atoms with E-state index in [9.17, 15) is 49.5 Å². The fraction of sp³-hybridized carbons (Fsp3) is 0.148. The number of methoxy groups -OCH3 is 2. The normalized spacial score (nSPS) is 14.5. The molecule has 1 unspecified atom stereocenters. The second-order valence-electron chi connectivity index (χ2n) is 8.11. The third-order valence-corrected chi connectivity index (χ3v) is 5.55. The van der Waals surface area contributed by atoms with Gasteiger partial charge in [0.05, 0.1) is 25.3 Å². The molecule has 216 valence electrons. The summed E-state index contributed by atoms with van der Waals surface area (Å²) < 4.78 is 125. The summed E-state index contributed by atoms with van der Waals surface area (Å²) in [6.07, 6.45) is 0.0306. The summed E-state index contributed by atoms with van der Waals surface area (Å²) in [5, 5.41) is 0. The number of hydrogen-bond donors (Lipinski definition) is 0. The van der Waals surface area contributed by atoms with Crippen molar-refractivity contribution in [1.29, 1.82) is 0 Å². The van der Waals surface area contributed by atoms with Crippen molar-refractivity contribution in [3.63, 3.8) is 0 Å². The summed E-state index contributed by atoms with van der Waals surface area (Å²) in [6, 6.07) is 10.3. The monoisotopic (exact) mass is 588 g/mol. The Bertz CT molecular complexity index is 1530. The van der Waals surface area contributed by atoms with Crippen LogP contribution in [0.3, 0.4) is 0 Å². The Hall–Kier alpha value is -4.75. The molecule has 0 radical (unpaired) electrons. The van der Waals surface area contributed by atoms with Crippen LogP contribution in [-0.2, 0) is 14.3 Å². The summed E-state index contributed by atoms with van der Waals surface area (Å²) in [7, 11) is 1.34. The van der Waals surface area contributed by atoms with Crippen LogP contribution in [-0.4, -0.2) is 31.8 Å². The van der Waals surface area contributed by atoms with Gasteiger partial charge in [-0.3, -0.25) is 14.4 Å². The average Bonchev–Trinajstić information content (AvgIpc) is 2.92. The van der Waals surface area contributed by atoms with Crippen molar-refractivity contribution >= 4 is 23.3 Å². The molecular formula is C27H16F8O6. The molecule has 0 N–H and O–H groups in total. The number of ketones is 2. The van der Waals surface area contributed by atoms with Crippen LogP contribution in [0.2, 0.25) is 0 Å². The molecule has 0 aromatic heterocycles. The molecule has 0 bridgehead atoms. The van der Waals surface area contributed by atoms with Crippen LogP contribution in [0.1, 0.15) is 21.5 Å². The predicted molar refractivity (Wildman–Crippen MR) is 124 cm³/mol. The SMILES string of the molecule is COc1c(F)c(F)c(C(=O)C2C(=O)C=C(c3c(F)c(F)c(OC)c(F)c3F)OC2=O)c(F)c1F.Cc1ccccc1. The van der Waals surface area contributed by atoms with Gasteiger partial charge in [0.25, 0.3) is 0 Å². The maximum Gasteiger partial charge on any atom is 0.330 e. The van der Waals surface area contributed by atoms with Gasteiger partial charge in [-0.25, -0.2) is 17.6 Å². The topological polar surface area (TPSA) is 78.9 Å². The molecule has 1 atom stereocenters. The van der Waals surface area contributed by atoms with Gasteiger partial charge in [-0.1, -0.05) is 35.9 Å². The third-order valence-electron chi connectivity index (χ3n) is 5.55. The van der Waals surface area contributed by atoms with Crippen molar-refractivity contribution in [3.05, 3.63) is 99.6 Å². The molecule has 4 rings (SSSR count). The summed E-state index contributed by atoms with van der Waals surface area (Å²) in [5.41, 5.74) is -2.34. The Morgan fingerprint density at radius 3 is 1.51 bits per heavy atom. The third kappa shape index (κ3) is 5.62. The number of Topliss-reactive ketones (excluding diaryl/α,β-unsaturated/α-hetero) is 1. The van der Waals surface area contributed by atoms with E-state index in [1.165, 1.54) is 5.56 Å². The average molecular weight is 588 g/mol. The highest BCUT2D eigenvalue weighted by molar-refractivity contribution is 6.28. The van der Waals surface area contributed by atoms with Gasteiger partial charge in [-0.2, -0.15) is 17.6 Å². The maximum absolute atomic E-state index is 14.2. The van der Waals surface area contributed by atoms with Crippen molar-refractivity contribution in [1.82, 2.24) is 0 Å². The van der Waals surface area contributed by atoms with Gasteiger partial charge in [0.2, 0.25) is 23.3 Å². The number of rotatable bonds is 5. The molecule has 0 spiro atoms. The Morgan fingerprint density at radius 1 is 0.707 bits per heavy atom. The lowest BCUT2D eigenvalue weighted by atomic mass is 9.90. The molecule has 0 amide bonds. The second kappa shape index (κ2) is 12.2. The van der Waals surface area contributed by atoms with E-state index in [1.807, 2.05) is 18.2 Å². The summed E-state index contributed by atoms with van der Waals surface area (Å²) in [5.74, 6) is -30.4. The minimum absolute atomic E-state index is 0.0306. The van der Waals surface area contributed by atoms with Crippen LogP contribution in [0, 0.1) is 59.4 Å². The molecule has 1 heterocycles. The Morgan fingerprint density at radius 2 is 1.15 bits per heavy atom. The molecule has 6 nitrogen and oxygen atoms in total. The van der Waals surface area contributed by atoms with Crippen molar-refractivity contribution in [3.8, 4) is 11.5 Å². The van der Waals surface area contributed by atoms with Crippen molar-refractivity contribution < 1.29 is 63.7 Å². The fourth-order valence-corrected chi connectivity index (χ4v) is 3.58. The Kier molecular flexibility index (Phi) is 9.15. The highest BCUT2D eigenvalue weighted by Gasteiger charge is 2.44. The molecule has 1 aliphatic rings. The number of halogens is 8. The number of carbonyl (C=O) groups is 3. The zero-order chi connectivity index (χ0) is 30.8. The molecule has 14 heteroatoms. The van der Waals surface area contributed by atoms with Crippen molar-refractivity contribution in [2.75, 3.05) is 14.2 Å². The summed E-state index contributed by atoms with van der Waals surface area (Å²) in [4.78, 5) is 37.0. The van der Waals surface area contributed by atoms with Gasteiger partial charge in [0.1, 0.15) is 5.76 Å². The quantitative estimate of drug-likeness (QED) is 0.124. The van der Waals surface area contributed by atoms with E-state index in [-0.39, 0.29) is 6.08 Å². The van der Waals surface area contributed by atoms with E-state index in [4.69, 9.17) is 0 Å². The number of benzene rings is 3. The standard InChI is InChI=1S/C20H8F8O6.C7H8/c1-32-18-13(25)9(21)7(10(22)14(18)26)5-3-4(29)6(20(31)34-5)17(30)8-11(23)15(27)19(33-2)16(28)12(8)24;1-7-5-3-2-4-6-7/h3,6H,1-2H3;2-6H,1H3. The second-order valence-corrected chi connectivity index (χ2v) is 8.11. The minimum Gasteiger partial charge on any atom is -0.491 e. The highest BCUT2D eigenvalue weighted by atomic mass is 19.2. The first-order chi connectivity index (χ1) is 19.3. The van der Waals surface area contributed by atoms with E-state index < -0.39 is 98.4 Å². The largest absolute Gasteiger partial charge is 0.491 e. The van der Waals surface area contributed by atoms with Crippen LogP contribution in [0.25, 0.3) is 5.76 Å². The molecule has 0 aliphatic carbocycles. The van der Waals surface area contributed by atoms with E-state index in [1.54, 1.807) is 0 Å². The van der Waals surface area contributed by atoms with Crippen molar-refractivity contribution in [2.24, 2.45) is 5.92 Å². The maximum atomic E-state index is 14.2. The van der Waals surface area contributed by atoms with Gasteiger partial charge in [0.15, 0.2) is 52.3 Å². The van der Waals surface area contributed by atoms with Gasteiger partial charge >= 0.3 is 5.97 Å². The van der Waals surface area contributed by atoms with Gasteiger partial charge in [0, 0.05) is 6.08 Å². The van der Waals surface area contributed by atoms with Gasteiger partial charge in [-0.15, -0.1) is 0 Å². The van der Waals surface area contributed by atoms with Gasteiger partial charge in [-0.05, 0) is 6.92 Å².